The fourth-order valence-corrected chi connectivity index (χ4v) is 4.58. The summed E-state index contributed by atoms with van der Waals surface area (Å²) in [6.07, 6.45) is 8.85. The zero-order chi connectivity index (χ0) is 25.6. The molecule has 1 aliphatic carbocycles. The highest BCUT2D eigenvalue weighted by atomic mass is 16.5. The number of hydrogen-bond acceptors (Lipinski definition) is 5. The van der Waals surface area contributed by atoms with Crippen LogP contribution < -0.4 is 14.8 Å². The van der Waals surface area contributed by atoms with Crippen LogP contribution in [0.4, 0.5) is 5.69 Å². The molecule has 2 fully saturated rings. The van der Waals surface area contributed by atoms with Crippen LogP contribution in [-0.2, 0) is 4.79 Å². The highest BCUT2D eigenvalue weighted by Gasteiger charge is 2.26. The topological polar surface area (TPSA) is 81.0 Å². The first kappa shape index (κ1) is 24.7. The van der Waals surface area contributed by atoms with Gasteiger partial charge in [-0.15, -0.1) is 0 Å². The number of amides is 2. The van der Waals surface area contributed by atoms with Crippen LogP contribution in [0.3, 0.4) is 0 Å². The molecule has 1 saturated heterocycles. The van der Waals surface area contributed by atoms with Crippen molar-refractivity contribution >= 4 is 23.6 Å². The molecule has 2 amide bonds. The molecule has 1 aliphatic heterocycles. The minimum absolute atomic E-state index is 0.0260. The molecule has 5 rings (SSSR count). The van der Waals surface area contributed by atoms with Gasteiger partial charge < -0.3 is 24.1 Å². The zero-order valence-electron chi connectivity index (χ0n) is 21.0. The fraction of sp³-hybridized carbons (Fsp3) is 0.333. The van der Waals surface area contributed by atoms with Crippen molar-refractivity contribution in [3.8, 4) is 11.5 Å². The number of furan rings is 1. The molecule has 2 heterocycles. The van der Waals surface area contributed by atoms with Crippen LogP contribution in [0.2, 0.25) is 0 Å². The van der Waals surface area contributed by atoms with E-state index >= 15 is 0 Å². The Hall–Kier alpha value is -4.00. The normalized spacial score (nSPS) is 16.1. The molecule has 0 radical (unpaired) electrons. The molecule has 7 heteroatoms. The molecular weight excluding hydrogens is 468 g/mol. The van der Waals surface area contributed by atoms with Crippen molar-refractivity contribution in [1.29, 1.82) is 0 Å². The Kier molecular flexibility index (Phi) is 7.59. The number of carbonyl (C=O) groups excluding carboxylic acids is 2. The first-order valence-electron chi connectivity index (χ1n) is 12.8. The van der Waals surface area contributed by atoms with Crippen LogP contribution in [-0.4, -0.2) is 43.5 Å². The number of nitrogens with zero attached hydrogens (tertiary/aromatic N) is 1. The lowest BCUT2D eigenvalue weighted by atomic mass is 9.89. The second kappa shape index (κ2) is 11.4. The maximum atomic E-state index is 13.2. The number of anilines is 1. The molecule has 0 atom stereocenters. The molecule has 1 saturated carbocycles. The lowest BCUT2D eigenvalue weighted by Gasteiger charge is -2.32. The van der Waals surface area contributed by atoms with Crippen LogP contribution in [0.1, 0.15) is 53.3 Å². The molecule has 3 aromatic rings. The molecule has 0 spiro atoms. The summed E-state index contributed by atoms with van der Waals surface area (Å²) in [5.41, 5.74) is 2.59. The number of rotatable bonds is 9. The Morgan fingerprint density at radius 3 is 2.49 bits per heavy atom. The van der Waals surface area contributed by atoms with Crippen molar-refractivity contribution in [2.45, 2.75) is 31.6 Å². The lowest BCUT2D eigenvalue weighted by Crippen LogP contribution is -2.37. The van der Waals surface area contributed by atoms with Gasteiger partial charge in [0.15, 0.2) is 11.5 Å². The summed E-state index contributed by atoms with van der Waals surface area (Å²) in [5, 5.41) is 2.87. The SMILES string of the molecule is COc1ccc(C(=O)N2CCC(c3ccc(NC(=O)/C=C/c4ccco4)cc3)CC2)cc1OCC1CC1. The molecule has 192 valence electrons. The maximum absolute atomic E-state index is 13.2. The summed E-state index contributed by atoms with van der Waals surface area (Å²) in [4.78, 5) is 27.3. The summed E-state index contributed by atoms with van der Waals surface area (Å²) in [6.45, 7) is 2.07. The van der Waals surface area contributed by atoms with Gasteiger partial charge >= 0.3 is 0 Å². The average Bonchev–Trinajstić information content (AvgIpc) is 3.62. The minimum Gasteiger partial charge on any atom is -0.493 e. The highest BCUT2D eigenvalue weighted by molar-refractivity contribution is 6.01. The number of likely N-dealkylation sites (tertiary alicyclic amines) is 1. The van der Waals surface area contributed by atoms with E-state index in [1.165, 1.54) is 24.5 Å². The predicted octanol–water partition coefficient (Wildman–Crippen LogP) is 5.75. The molecule has 37 heavy (non-hydrogen) atoms. The molecular formula is C30H32N2O5. The number of carbonyl (C=O) groups is 2. The first-order chi connectivity index (χ1) is 18.1. The molecule has 1 aromatic heterocycles. The summed E-state index contributed by atoms with van der Waals surface area (Å²) < 4.78 is 16.6. The van der Waals surface area contributed by atoms with Gasteiger partial charge in [-0.2, -0.15) is 0 Å². The summed E-state index contributed by atoms with van der Waals surface area (Å²) in [5.74, 6) is 2.74. The van der Waals surface area contributed by atoms with Crippen LogP contribution >= 0.6 is 0 Å². The van der Waals surface area contributed by atoms with E-state index in [1.54, 1.807) is 31.6 Å². The maximum Gasteiger partial charge on any atom is 0.253 e. The summed E-state index contributed by atoms with van der Waals surface area (Å²) in [7, 11) is 1.62. The third kappa shape index (κ3) is 6.42. The number of piperidine rings is 1. The molecule has 0 unspecified atom stereocenters. The number of hydrogen-bond donors (Lipinski definition) is 1. The van der Waals surface area contributed by atoms with E-state index in [-0.39, 0.29) is 11.8 Å². The van der Waals surface area contributed by atoms with Crippen molar-refractivity contribution in [2.24, 2.45) is 5.92 Å². The molecule has 2 aromatic carbocycles. The van der Waals surface area contributed by atoms with Gasteiger partial charge in [0, 0.05) is 30.4 Å². The van der Waals surface area contributed by atoms with E-state index in [9.17, 15) is 9.59 Å². The smallest absolute Gasteiger partial charge is 0.253 e. The fourth-order valence-electron chi connectivity index (χ4n) is 4.58. The van der Waals surface area contributed by atoms with Crippen molar-refractivity contribution in [3.05, 3.63) is 83.8 Å². The van der Waals surface area contributed by atoms with Gasteiger partial charge in [0.1, 0.15) is 5.76 Å². The highest BCUT2D eigenvalue weighted by Crippen LogP contribution is 2.34. The second-order valence-electron chi connectivity index (χ2n) is 9.65. The van der Waals surface area contributed by atoms with Gasteiger partial charge in [-0.3, -0.25) is 9.59 Å². The number of nitrogens with one attached hydrogen (secondary N) is 1. The Bertz CT molecular complexity index is 1240. The van der Waals surface area contributed by atoms with E-state index in [2.05, 4.69) is 17.4 Å². The van der Waals surface area contributed by atoms with Crippen molar-refractivity contribution in [1.82, 2.24) is 4.90 Å². The molecule has 0 bridgehead atoms. The van der Waals surface area contributed by atoms with Crippen molar-refractivity contribution in [2.75, 3.05) is 32.1 Å². The van der Waals surface area contributed by atoms with E-state index in [0.29, 0.717) is 54.4 Å². The van der Waals surface area contributed by atoms with Crippen LogP contribution in [0.15, 0.2) is 71.4 Å². The number of ether oxygens (including phenoxy) is 2. The van der Waals surface area contributed by atoms with Crippen molar-refractivity contribution in [3.63, 3.8) is 0 Å². The van der Waals surface area contributed by atoms with E-state index in [4.69, 9.17) is 13.9 Å². The lowest BCUT2D eigenvalue weighted by molar-refractivity contribution is -0.111. The van der Waals surface area contributed by atoms with Gasteiger partial charge in [0.25, 0.3) is 5.91 Å². The monoisotopic (exact) mass is 500 g/mol. The second-order valence-corrected chi connectivity index (χ2v) is 9.65. The quantitative estimate of drug-likeness (QED) is 0.379. The van der Waals surface area contributed by atoms with Crippen LogP contribution in [0.5, 0.6) is 11.5 Å². The Balaban J connectivity index is 1.14. The average molecular weight is 501 g/mol. The Morgan fingerprint density at radius 1 is 1.03 bits per heavy atom. The van der Waals surface area contributed by atoms with Crippen LogP contribution in [0, 0.1) is 5.92 Å². The van der Waals surface area contributed by atoms with Gasteiger partial charge in [0.2, 0.25) is 5.91 Å². The molecule has 2 aliphatic rings. The molecule has 1 N–H and O–H groups in total. The Labute approximate surface area is 217 Å². The Morgan fingerprint density at radius 2 is 1.81 bits per heavy atom. The zero-order valence-corrected chi connectivity index (χ0v) is 21.0. The number of methoxy groups -OCH3 is 1. The minimum atomic E-state index is -0.212. The van der Waals surface area contributed by atoms with Gasteiger partial charge in [-0.05, 0) is 91.6 Å². The summed E-state index contributed by atoms with van der Waals surface area (Å²) >= 11 is 0. The van der Waals surface area contributed by atoms with Gasteiger partial charge in [-0.1, -0.05) is 12.1 Å². The van der Waals surface area contributed by atoms with Gasteiger partial charge in [0.05, 0.1) is 20.0 Å². The predicted molar refractivity (Wildman–Crippen MR) is 142 cm³/mol. The van der Waals surface area contributed by atoms with Crippen molar-refractivity contribution < 1.29 is 23.5 Å². The summed E-state index contributed by atoms with van der Waals surface area (Å²) in [6, 6.07) is 17.0. The van der Waals surface area contributed by atoms with Crippen LogP contribution in [0.25, 0.3) is 6.08 Å². The molecule has 7 nitrogen and oxygen atoms in total. The standard InChI is InChI=1S/C30H32N2O5/c1-35-27-12-8-24(19-28(27)37-20-21-4-5-21)30(34)32-16-14-23(15-17-32)22-6-9-25(10-7-22)31-29(33)13-11-26-3-2-18-36-26/h2-3,6-13,18-19,21,23H,4-5,14-17,20H2,1H3,(H,31,33)/b13-11+. The number of benzene rings is 2. The largest absolute Gasteiger partial charge is 0.493 e. The van der Waals surface area contributed by atoms with E-state index in [1.807, 2.05) is 35.2 Å². The third-order valence-corrected chi connectivity index (χ3v) is 6.96. The van der Waals surface area contributed by atoms with Gasteiger partial charge in [-0.25, -0.2) is 0 Å². The third-order valence-electron chi connectivity index (χ3n) is 6.96. The van der Waals surface area contributed by atoms with E-state index in [0.717, 1.165) is 18.5 Å². The van der Waals surface area contributed by atoms with E-state index < -0.39 is 0 Å². The first-order valence-corrected chi connectivity index (χ1v) is 12.8.